The summed E-state index contributed by atoms with van der Waals surface area (Å²) in [6, 6.07) is 0. The normalized spacial score (nSPS) is 21.9. The van der Waals surface area contributed by atoms with E-state index in [4.69, 9.17) is 0 Å². The second-order valence-electron chi connectivity index (χ2n) is 3.23. The highest BCUT2D eigenvalue weighted by atomic mass is 32.2. The van der Waals surface area contributed by atoms with Crippen molar-refractivity contribution >= 4 is 29.4 Å². The van der Waals surface area contributed by atoms with E-state index in [2.05, 4.69) is 10.6 Å². The maximum Gasteiger partial charge on any atom is 0.221 e. The van der Waals surface area contributed by atoms with Crippen molar-refractivity contribution in [3.63, 3.8) is 0 Å². The van der Waals surface area contributed by atoms with Crippen LogP contribution in [0.1, 0.15) is 6.42 Å². The molecule has 1 amide bonds. The van der Waals surface area contributed by atoms with Gasteiger partial charge in [-0.3, -0.25) is 4.79 Å². The third-order valence-electron chi connectivity index (χ3n) is 2.01. The summed E-state index contributed by atoms with van der Waals surface area (Å²) in [5.41, 5.74) is 0. The van der Waals surface area contributed by atoms with Gasteiger partial charge in [0.2, 0.25) is 5.91 Å². The summed E-state index contributed by atoms with van der Waals surface area (Å²) < 4.78 is 0. The van der Waals surface area contributed by atoms with Crippen molar-refractivity contribution in [3.05, 3.63) is 0 Å². The molecule has 0 saturated carbocycles. The molecule has 1 aliphatic heterocycles. The third-order valence-corrected chi connectivity index (χ3v) is 4.86. The maximum absolute atomic E-state index is 11.3. The van der Waals surface area contributed by atoms with E-state index in [1.54, 1.807) is 0 Å². The first kappa shape index (κ1) is 12.2. The fourth-order valence-corrected chi connectivity index (χ4v) is 3.82. The fourth-order valence-electron chi connectivity index (χ4n) is 1.21. The van der Waals surface area contributed by atoms with Crippen LogP contribution in [0.4, 0.5) is 0 Å². The topological polar surface area (TPSA) is 41.1 Å². The van der Waals surface area contributed by atoms with Gasteiger partial charge in [0, 0.05) is 42.0 Å². The Labute approximate surface area is 94.2 Å². The molecule has 1 unspecified atom stereocenters. The van der Waals surface area contributed by atoms with Crippen molar-refractivity contribution in [3.8, 4) is 0 Å². The summed E-state index contributed by atoms with van der Waals surface area (Å²) in [5.74, 6) is 3.82. The minimum atomic E-state index is 0.163. The lowest BCUT2D eigenvalue weighted by atomic mass is 10.4. The van der Waals surface area contributed by atoms with Crippen molar-refractivity contribution in [1.82, 2.24) is 10.6 Å². The zero-order valence-electron chi connectivity index (χ0n) is 8.54. The van der Waals surface area contributed by atoms with Crippen LogP contribution in [-0.4, -0.2) is 48.6 Å². The van der Waals surface area contributed by atoms with Crippen molar-refractivity contribution < 1.29 is 4.79 Å². The van der Waals surface area contributed by atoms with Crippen molar-refractivity contribution in [2.45, 2.75) is 11.7 Å². The lowest BCUT2D eigenvalue weighted by Crippen LogP contribution is -2.34. The second-order valence-corrected chi connectivity index (χ2v) is 5.78. The van der Waals surface area contributed by atoms with Gasteiger partial charge in [-0.15, -0.1) is 0 Å². The molecular formula is C9H18N2OS2. The standard InChI is InChI=1S/C9H18N2OS2/c1-10-3-2-9(12)11-6-8-7-13-4-5-14-8/h8,10H,2-7H2,1H3,(H,11,12). The summed E-state index contributed by atoms with van der Waals surface area (Å²) in [6.07, 6.45) is 0.584. The molecule has 0 aromatic carbocycles. The second kappa shape index (κ2) is 7.43. The Balaban J connectivity index is 2.03. The first-order valence-corrected chi connectivity index (χ1v) is 7.14. The van der Waals surface area contributed by atoms with Crippen LogP contribution in [0.15, 0.2) is 0 Å². The van der Waals surface area contributed by atoms with E-state index in [9.17, 15) is 4.79 Å². The van der Waals surface area contributed by atoms with Crippen LogP contribution < -0.4 is 10.6 Å². The number of rotatable bonds is 5. The molecule has 82 valence electrons. The van der Waals surface area contributed by atoms with Crippen LogP contribution >= 0.6 is 23.5 Å². The predicted molar refractivity (Wildman–Crippen MR) is 65.1 cm³/mol. The first-order valence-electron chi connectivity index (χ1n) is 4.93. The molecule has 1 rings (SSSR count). The number of hydrogen-bond donors (Lipinski definition) is 2. The van der Waals surface area contributed by atoms with Crippen LogP contribution in [0.5, 0.6) is 0 Å². The van der Waals surface area contributed by atoms with Crippen molar-refractivity contribution in [1.29, 1.82) is 0 Å². The van der Waals surface area contributed by atoms with Gasteiger partial charge in [-0.05, 0) is 7.05 Å². The van der Waals surface area contributed by atoms with E-state index in [1.807, 2.05) is 30.6 Å². The molecule has 0 radical (unpaired) electrons. The number of carbonyl (C=O) groups is 1. The van der Waals surface area contributed by atoms with Gasteiger partial charge in [0.1, 0.15) is 0 Å². The highest BCUT2D eigenvalue weighted by Gasteiger charge is 2.14. The number of thioether (sulfide) groups is 2. The van der Waals surface area contributed by atoms with Crippen molar-refractivity contribution in [2.24, 2.45) is 0 Å². The summed E-state index contributed by atoms with van der Waals surface area (Å²) >= 11 is 3.97. The van der Waals surface area contributed by atoms with E-state index >= 15 is 0 Å². The van der Waals surface area contributed by atoms with Crippen LogP contribution in [0.3, 0.4) is 0 Å². The average molecular weight is 234 g/mol. The lowest BCUT2D eigenvalue weighted by molar-refractivity contribution is -0.120. The summed E-state index contributed by atoms with van der Waals surface area (Å²) in [6.45, 7) is 1.60. The minimum Gasteiger partial charge on any atom is -0.355 e. The summed E-state index contributed by atoms with van der Waals surface area (Å²) in [5, 5.41) is 6.56. The van der Waals surface area contributed by atoms with Gasteiger partial charge in [-0.1, -0.05) is 0 Å². The third kappa shape index (κ3) is 5.12. The van der Waals surface area contributed by atoms with E-state index < -0.39 is 0 Å². The first-order chi connectivity index (χ1) is 6.83. The van der Waals surface area contributed by atoms with Gasteiger partial charge < -0.3 is 10.6 Å². The molecule has 1 heterocycles. The number of amides is 1. The summed E-state index contributed by atoms with van der Waals surface area (Å²) in [7, 11) is 1.86. The number of carbonyl (C=O) groups excluding carboxylic acids is 1. The van der Waals surface area contributed by atoms with Gasteiger partial charge in [0.05, 0.1) is 0 Å². The zero-order valence-corrected chi connectivity index (χ0v) is 10.2. The van der Waals surface area contributed by atoms with Gasteiger partial charge in [0.25, 0.3) is 0 Å². The molecule has 0 aliphatic carbocycles. The summed E-state index contributed by atoms with van der Waals surface area (Å²) in [4.78, 5) is 11.3. The SMILES string of the molecule is CNCCC(=O)NCC1CSCCS1. The largest absolute Gasteiger partial charge is 0.355 e. The molecule has 1 aliphatic rings. The Hall–Kier alpha value is 0.130. The van der Waals surface area contributed by atoms with Gasteiger partial charge >= 0.3 is 0 Å². The van der Waals surface area contributed by atoms with Crippen molar-refractivity contribution in [2.75, 3.05) is 37.4 Å². The molecule has 5 heteroatoms. The van der Waals surface area contributed by atoms with Gasteiger partial charge in [-0.25, -0.2) is 0 Å². The van der Waals surface area contributed by atoms with E-state index in [1.165, 1.54) is 17.3 Å². The Morgan fingerprint density at radius 3 is 3.00 bits per heavy atom. The quantitative estimate of drug-likeness (QED) is 0.729. The molecule has 0 bridgehead atoms. The zero-order chi connectivity index (χ0) is 10.2. The molecule has 1 saturated heterocycles. The number of nitrogens with one attached hydrogen (secondary N) is 2. The van der Waals surface area contributed by atoms with E-state index in [0.29, 0.717) is 11.7 Å². The van der Waals surface area contributed by atoms with Crippen LogP contribution in [-0.2, 0) is 4.79 Å². The molecule has 0 spiro atoms. The average Bonchev–Trinajstić information content (AvgIpc) is 2.25. The molecule has 2 N–H and O–H groups in total. The minimum absolute atomic E-state index is 0.163. The fraction of sp³-hybridized carbons (Fsp3) is 0.889. The van der Waals surface area contributed by atoms with E-state index in [-0.39, 0.29) is 5.91 Å². The maximum atomic E-state index is 11.3. The monoisotopic (exact) mass is 234 g/mol. The molecule has 14 heavy (non-hydrogen) atoms. The number of hydrogen-bond acceptors (Lipinski definition) is 4. The molecule has 0 aromatic rings. The smallest absolute Gasteiger partial charge is 0.221 e. The van der Waals surface area contributed by atoms with Crippen LogP contribution in [0.2, 0.25) is 0 Å². The molecule has 3 nitrogen and oxygen atoms in total. The lowest BCUT2D eigenvalue weighted by Gasteiger charge is -2.21. The Bertz CT molecular complexity index is 172. The Morgan fingerprint density at radius 2 is 2.36 bits per heavy atom. The van der Waals surface area contributed by atoms with Crippen LogP contribution in [0.25, 0.3) is 0 Å². The predicted octanol–water partition coefficient (Wildman–Crippen LogP) is 0.561. The van der Waals surface area contributed by atoms with E-state index in [0.717, 1.165) is 13.1 Å². The highest BCUT2D eigenvalue weighted by molar-refractivity contribution is 8.06. The van der Waals surface area contributed by atoms with Gasteiger partial charge in [0.15, 0.2) is 0 Å². The van der Waals surface area contributed by atoms with Crippen LogP contribution in [0, 0.1) is 0 Å². The molecular weight excluding hydrogens is 216 g/mol. The Kier molecular flexibility index (Phi) is 6.47. The van der Waals surface area contributed by atoms with Gasteiger partial charge in [-0.2, -0.15) is 23.5 Å². The Morgan fingerprint density at radius 1 is 1.50 bits per heavy atom. The molecule has 1 fully saturated rings. The molecule has 1 atom stereocenters. The highest BCUT2D eigenvalue weighted by Crippen LogP contribution is 2.23. The molecule has 0 aromatic heterocycles.